The number of amides is 2. The number of hydrogen-bond acceptors (Lipinski definition) is 10. The van der Waals surface area contributed by atoms with Crippen LogP contribution in [-0.4, -0.2) is 123 Å². The first kappa shape index (κ1) is 30.8. The van der Waals surface area contributed by atoms with Gasteiger partial charge in [-0.3, -0.25) is 14.4 Å². The summed E-state index contributed by atoms with van der Waals surface area (Å²) in [4.78, 5) is 55.7. The van der Waals surface area contributed by atoms with Gasteiger partial charge < -0.3 is 34.6 Å². The van der Waals surface area contributed by atoms with Crippen LogP contribution in [0, 0.1) is 11.3 Å². The molecule has 4 fully saturated rings. The maximum Gasteiger partial charge on any atom is 0.251 e. The molecule has 6 rings (SSSR count). The third-order valence-corrected chi connectivity index (χ3v) is 10.4. The van der Waals surface area contributed by atoms with Crippen molar-refractivity contribution in [3.05, 3.63) is 35.2 Å². The van der Waals surface area contributed by atoms with Crippen LogP contribution >= 0.6 is 11.3 Å². The van der Waals surface area contributed by atoms with Crippen molar-refractivity contribution in [3.63, 3.8) is 0 Å². The Morgan fingerprint density at radius 1 is 0.977 bits per heavy atom. The number of nitrogens with zero attached hydrogens (tertiary/aromatic N) is 6. The number of ether oxygens (including phenoxy) is 1. The number of hydrogen-bond donors (Lipinski definition) is 1. The smallest absolute Gasteiger partial charge is 0.251 e. The molecule has 4 aliphatic rings. The zero-order valence-electron chi connectivity index (χ0n) is 26.5. The Hall–Kier alpha value is -3.22. The molecule has 2 aromatic rings. The summed E-state index contributed by atoms with van der Waals surface area (Å²) < 4.78 is 5.67. The zero-order chi connectivity index (χ0) is 31.2. The molecule has 4 saturated heterocycles. The molecule has 4 aliphatic heterocycles. The Morgan fingerprint density at radius 2 is 1.61 bits per heavy atom. The Labute approximate surface area is 264 Å². The minimum atomic E-state index is -0.774. The second-order valence-electron chi connectivity index (χ2n) is 13.7. The molecule has 1 aromatic heterocycles. The van der Waals surface area contributed by atoms with Gasteiger partial charge >= 0.3 is 0 Å². The van der Waals surface area contributed by atoms with E-state index in [1.54, 1.807) is 16.2 Å². The van der Waals surface area contributed by atoms with E-state index in [9.17, 15) is 14.4 Å². The minimum absolute atomic E-state index is 0.0418. The molecule has 0 saturated carbocycles. The number of anilines is 3. The van der Waals surface area contributed by atoms with Crippen molar-refractivity contribution < 1.29 is 19.1 Å². The molecular formula is C32H45N7O4S. The lowest BCUT2D eigenvalue weighted by atomic mass is 9.85. The van der Waals surface area contributed by atoms with E-state index in [0.29, 0.717) is 12.1 Å². The van der Waals surface area contributed by atoms with Gasteiger partial charge in [-0.05, 0) is 36.7 Å². The second-order valence-corrected chi connectivity index (χ2v) is 14.6. The minimum Gasteiger partial charge on any atom is -0.368 e. The van der Waals surface area contributed by atoms with Crippen LogP contribution in [0.4, 0.5) is 16.6 Å². The third-order valence-electron chi connectivity index (χ3n) is 9.46. The van der Waals surface area contributed by atoms with Gasteiger partial charge in [0.25, 0.3) is 5.91 Å². The zero-order valence-corrected chi connectivity index (χ0v) is 27.3. The molecule has 0 radical (unpaired) electrons. The summed E-state index contributed by atoms with van der Waals surface area (Å²) in [5, 5.41) is 6.28. The molecule has 4 atom stereocenters. The van der Waals surface area contributed by atoms with Gasteiger partial charge in [0.1, 0.15) is 24.5 Å². The highest BCUT2D eigenvalue weighted by molar-refractivity contribution is 7.14. The van der Waals surface area contributed by atoms with Crippen molar-refractivity contribution in [1.29, 1.82) is 0 Å². The lowest BCUT2D eigenvalue weighted by Crippen LogP contribution is -2.57. The van der Waals surface area contributed by atoms with Gasteiger partial charge in [-0.15, -0.1) is 11.3 Å². The summed E-state index contributed by atoms with van der Waals surface area (Å²) in [6, 6.07) is 6.28. The van der Waals surface area contributed by atoms with Gasteiger partial charge in [0.05, 0.1) is 6.10 Å². The number of aromatic nitrogens is 1. The predicted molar refractivity (Wildman–Crippen MR) is 173 cm³/mol. The van der Waals surface area contributed by atoms with Crippen molar-refractivity contribution in [2.24, 2.45) is 11.3 Å². The fourth-order valence-electron chi connectivity index (χ4n) is 6.71. The normalized spacial score (nSPS) is 25.4. The lowest BCUT2D eigenvalue weighted by Gasteiger charge is -2.36. The molecule has 44 heavy (non-hydrogen) atoms. The molecular weight excluding hydrogens is 578 g/mol. The van der Waals surface area contributed by atoms with Gasteiger partial charge in [0.2, 0.25) is 5.91 Å². The van der Waals surface area contributed by atoms with E-state index in [4.69, 9.17) is 9.72 Å². The molecule has 5 heterocycles. The van der Waals surface area contributed by atoms with E-state index in [0.717, 1.165) is 69.0 Å². The van der Waals surface area contributed by atoms with Crippen LogP contribution in [0.25, 0.3) is 0 Å². The molecule has 1 aromatic carbocycles. The van der Waals surface area contributed by atoms with Crippen LogP contribution in [0.2, 0.25) is 0 Å². The van der Waals surface area contributed by atoms with E-state index in [-0.39, 0.29) is 36.2 Å². The number of rotatable bonds is 6. The van der Waals surface area contributed by atoms with Gasteiger partial charge in [-0.1, -0.05) is 27.7 Å². The number of likely N-dealkylation sites (N-methyl/N-ethyl adjacent to an activating group) is 1. The number of Topliss-reactive ketones (excluding diaryl/α,β-unsaturated/α-hetero) is 1. The topological polar surface area (TPSA) is 102 Å². The van der Waals surface area contributed by atoms with E-state index < -0.39 is 17.5 Å². The largest absolute Gasteiger partial charge is 0.368 e. The summed E-state index contributed by atoms with van der Waals surface area (Å²) in [5.41, 5.74) is 1.03. The van der Waals surface area contributed by atoms with Gasteiger partial charge in [0.15, 0.2) is 10.9 Å². The van der Waals surface area contributed by atoms with Gasteiger partial charge in [-0.25, -0.2) is 4.98 Å². The fourth-order valence-corrected chi connectivity index (χ4v) is 7.60. The summed E-state index contributed by atoms with van der Waals surface area (Å²) in [6.07, 6.45) is -0.266. The van der Waals surface area contributed by atoms with Gasteiger partial charge in [-0.2, -0.15) is 0 Å². The quantitative estimate of drug-likeness (QED) is 0.519. The van der Waals surface area contributed by atoms with Crippen LogP contribution in [0.15, 0.2) is 29.6 Å². The summed E-state index contributed by atoms with van der Waals surface area (Å²) in [7, 11) is 2.17. The molecule has 2 amide bonds. The highest BCUT2D eigenvalue weighted by atomic mass is 32.1. The van der Waals surface area contributed by atoms with E-state index in [2.05, 4.69) is 37.3 Å². The van der Waals surface area contributed by atoms with Crippen LogP contribution < -0.4 is 20.0 Å². The van der Waals surface area contributed by atoms with E-state index >= 15 is 0 Å². The molecule has 238 valence electrons. The highest BCUT2D eigenvalue weighted by Crippen LogP contribution is 2.34. The Bertz CT molecular complexity index is 1360. The Kier molecular flexibility index (Phi) is 8.60. The number of piperazine rings is 2. The monoisotopic (exact) mass is 623 g/mol. The number of ketones is 1. The first-order valence-corrected chi connectivity index (χ1v) is 16.6. The number of nitrogens with one attached hydrogen (secondary N) is 1. The van der Waals surface area contributed by atoms with Crippen molar-refractivity contribution in [2.45, 2.75) is 45.9 Å². The van der Waals surface area contributed by atoms with Crippen LogP contribution in [0.3, 0.4) is 0 Å². The van der Waals surface area contributed by atoms with Crippen LogP contribution in [0.1, 0.15) is 38.1 Å². The lowest BCUT2D eigenvalue weighted by molar-refractivity contribution is -0.140. The average molecular weight is 624 g/mol. The van der Waals surface area contributed by atoms with Crippen molar-refractivity contribution >= 4 is 45.6 Å². The molecule has 0 aliphatic carbocycles. The van der Waals surface area contributed by atoms with Crippen LogP contribution in [0.5, 0.6) is 0 Å². The molecule has 11 nitrogen and oxygen atoms in total. The highest BCUT2D eigenvalue weighted by Gasteiger charge is 2.52. The van der Waals surface area contributed by atoms with E-state index in [1.807, 2.05) is 52.0 Å². The third kappa shape index (κ3) is 6.16. The first-order valence-electron chi connectivity index (χ1n) is 15.7. The second kappa shape index (κ2) is 12.3. The Morgan fingerprint density at radius 3 is 2.27 bits per heavy atom. The van der Waals surface area contributed by atoms with Gasteiger partial charge in [0, 0.05) is 81.5 Å². The van der Waals surface area contributed by atoms with Crippen molar-refractivity contribution in [3.8, 4) is 0 Å². The van der Waals surface area contributed by atoms with Crippen LogP contribution in [-0.2, 0) is 14.3 Å². The van der Waals surface area contributed by atoms with Crippen molar-refractivity contribution in [1.82, 2.24) is 20.1 Å². The fraction of sp³-hybridized carbons (Fsp3) is 0.625. The average Bonchev–Trinajstić information content (AvgIpc) is 3.73. The predicted octanol–water partition coefficient (Wildman–Crippen LogP) is 2.18. The number of likely N-dealkylation sites (tertiary alicyclic amines) is 1. The summed E-state index contributed by atoms with van der Waals surface area (Å²) in [5.74, 6) is 0.538. The molecule has 1 N–H and O–H groups in total. The number of thiazole rings is 1. The molecule has 0 spiro atoms. The number of carbonyl (C=O) groups is 3. The maximum atomic E-state index is 13.8. The van der Waals surface area contributed by atoms with E-state index in [1.165, 1.54) is 0 Å². The SMILES string of the molecule is C[C@@H]1CN(C(=O)[C@@H](NC(=O)c2ccc(N3CCN(c4csc(N5CCN(C)CC5)n4)CC3)cc2)C(C)(C)C)[C@@H]2C(=O)CO[C@H]12. The number of fused-ring (bicyclic) bond motifs is 1. The molecule has 0 unspecified atom stereocenters. The summed E-state index contributed by atoms with van der Waals surface area (Å²) >= 11 is 1.73. The number of benzene rings is 1. The standard InChI is InChI=1S/C32H45N7O4S/c1-21-18-39(26-24(40)19-43-27(21)26)30(42)28(32(2,3)4)34-29(41)22-6-8-23(9-7-22)36-14-16-37(17-15-36)25-20-44-31(33-25)38-12-10-35(5)11-13-38/h6-9,20-21,26-28H,10-19H2,1-5H3,(H,34,41)/t21-,26-,27-,28-/m1/s1. The van der Waals surface area contributed by atoms with Crippen molar-refractivity contribution in [2.75, 3.05) is 87.3 Å². The molecule has 12 heteroatoms. The maximum absolute atomic E-state index is 13.8. The number of carbonyl (C=O) groups excluding carboxylic acids is 3. The summed E-state index contributed by atoms with van der Waals surface area (Å²) in [6.45, 7) is 16.0. The Balaban J connectivity index is 1.05. The first-order chi connectivity index (χ1) is 21.0. The molecule has 0 bridgehead atoms.